The maximum Gasteiger partial charge on any atom is 0.168 e. The molecule has 0 fully saturated rings. The van der Waals surface area contributed by atoms with Crippen LogP contribution in [-0.2, 0) is 0 Å². The summed E-state index contributed by atoms with van der Waals surface area (Å²) in [4.78, 5) is 15.2. The minimum Gasteiger partial charge on any atom is -0.497 e. The smallest absolute Gasteiger partial charge is 0.168 e. The molecule has 26 heavy (non-hydrogen) atoms. The number of hydrogen-bond donors (Lipinski definition) is 0. The molecule has 0 aromatic heterocycles. The van der Waals surface area contributed by atoms with Crippen LogP contribution < -0.4 is 4.74 Å². The number of nitrogens with zero attached hydrogens (tertiary/aromatic N) is 1. The second kappa shape index (κ2) is 11.0. The lowest BCUT2D eigenvalue weighted by Gasteiger charge is -2.33. The third-order valence-corrected chi connectivity index (χ3v) is 4.78. The molecule has 0 N–H and O–H groups in total. The van der Waals surface area contributed by atoms with Crippen molar-refractivity contribution in [2.24, 2.45) is 11.3 Å². The standard InChI is InChI=1S/C22H31NO2.H2S/c1-8-11-18(9-2)16-23(6)15-17(3)22(4,5)21(24)19-12-10-13-20(14-19)25-7;/h8-14,17H,1-2,15-16H2,3-7H3;1H2/b18-11+;. The average molecular weight is 376 g/mol. The molecule has 0 aliphatic rings. The van der Waals surface area contributed by atoms with Crippen LogP contribution in [0.4, 0.5) is 0 Å². The second-order valence-electron chi connectivity index (χ2n) is 7.06. The number of ether oxygens (including phenoxy) is 1. The van der Waals surface area contributed by atoms with E-state index in [-0.39, 0.29) is 25.2 Å². The van der Waals surface area contributed by atoms with Crippen LogP contribution in [0.1, 0.15) is 31.1 Å². The number of rotatable bonds is 10. The Morgan fingerprint density at radius 2 is 2.00 bits per heavy atom. The van der Waals surface area contributed by atoms with Gasteiger partial charge in [-0.15, -0.1) is 0 Å². The monoisotopic (exact) mass is 375 g/mol. The van der Waals surface area contributed by atoms with Crippen molar-refractivity contribution in [1.29, 1.82) is 0 Å². The van der Waals surface area contributed by atoms with Crippen molar-refractivity contribution >= 4 is 19.3 Å². The van der Waals surface area contributed by atoms with Gasteiger partial charge in [-0.25, -0.2) is 0 Å². The summed E-state index contributed by atoms with van der Waals surface area (Å²) in [5.74, 6) is 1.03. The predicted octanol–water partition coefficient (Wildman–Crippen LogP) is 4.88. The maximum atomic E-state index is 13.0. The zero-order chi connectivity index (χ0) is 19.0. The molecule has 144 valence electrons. The lowest BCUT2D eigenvalue weighted by atomic mass is 9.74. The van der Waals surface area contributed by atoms with E-state index in [0.29, 0.717) is 11.3 Å². The molecule has 4 heteroatoms. The van der Waals surface area contributed by atoms with Gasteiger partial charge in [0.15, 0.2) is 5.78 Å². The minimum absolute atomic E-state index is 0. The van der Waals surface area contributed by atoms with Gasteiger partial charge in [0.25, 0.3) is 0 Å². The molecular formula is C22H33NO2S. The quantitative estimate of drug-likeness (QED) is 0.431. The van der Waals surface area contributed by atoms with Crippen LogP contribution in [0.5, 0.6) is 5.75 Å². The van der Waals surface area contributed by atoms with E-state index < -0.39 is 5.41 Å². The van der Waals surface area contributed by atoms with E-state index in [1.54, 1.807) is 13.2 Å². The first kappa shape index (κ1) is 24.2. The number of likely N-dealkylation sites (N-methyl/N-ethyl adjacent to an activating group) is 1. The summed E-state index contributed by atoms with van der Waals surface area (Å²) in [5.41, 5.74) is 1.33. The summed E-state index contributed by atoms with van der Waals surface area (Å²) in [5, 5.41) is 0. The van der Waals surface area contributed by atoms with Crippen LogP contribution in [0.3, 0.4) is 0 Å². The zero-order valence-corrected chi connectivity index (χ0v) is 17.7. The van der Waals surface area contributed by atoms with Crippen LogP contribution in [0.15, 0.2) is 61.2 Å². The average Bonchev–Trinajstić information content (AvgIpc) is 2.60. The number of allylic oxidation sites excluding steroid dienone is 2. The van der Waals surface area contributed by atoms with Gasteiger partial charge in [0.2, 0.25) is 0 Å². The summed E-state index contributed by atoms with van der Waals surface area (Å²) in [7, 11) is 3.67. The summed E-state index contributed by atoms with van der Waals surface area (Å²) in [6.07, 6.45) is 5.57. The number of carbonyl (C=O) groups excluding carboxylic acids is 1. The van der Waals surface area contributed by atoms with Crippen LogP contribution in [0, 0.1) is 11.3 Å². The largest absolute Gasteiger partial charge is 0.497 e. The summed E-state index contributed by atoms with van der Waals surface area (Å²) in [6.45, 7) is 15.3. The summed E-state index contributed by atoms with van der Waals surface area (Å²) < 4.78 is 5.24. The molecule has 0 aliphatic heterocycles. The van der Waals surface area contributed by atoms with Gasteiger partial charge in [-0.05, 0) is 30.7 Å². The summed E-state index contributed by atoms with van der Waals surface area (Å²) in [6, 6.07) is 7.37. The number of benzene rings is 1. The number of ketones is 1. The van der Waals surface area contributed by atoms with Crippen molar-refractivity contribution in [2.75, 3.05) is 27.2 Å². The van der Waals surface area contributed by atoms with E-state index in [4.69, 9.17) is 4.74 Å². The molecule has 0 heterocycles. The molecule has 1 aromatic rings. The zero-order valence-electron chi connectivity index (χ0n) is 16.7. The molecular weight excluding hydrogens is 342 g/mol. The molecule has 3 nitrogen and oxygen atoms in total. The van der Waals surface area contributed by atoms with E-state index in [1.165, 1.54) is 0 Å². The first-order valence-electron chi connectivity index (χ1n) is 8.57. The SMILES string of the molecule is C=C/C=C(\C=C)CN(C)CC(C)C(C)(C)C(=O)c1cccc(OC)c1.S. The number of carbonyl (C=O) groups is 1. The van der Waals surface area contributed by atoms with Gasteiger partial charge in [-0.2, -0.15) is 13.5 Å². The molecule has 1 rings (SSSR count). The highest BCUT2D eigenvalue weighted by molar-refractivity contribution is 7.59. The number of methoxy groups -OCH3 is 1. The van der Waals surface area contributed by atoms with Gasteiger partial charge in [-0.1, -0.05) is 64.3 Å². The maximum absolute atomic E-state index is 13.0. The predicted molar refractivity (Wildman–Crippen MR) is 117 cm³/mol. The van der Waals surface area contributed by atoms with Crippen molar-refractivity contribution in [3.63, 3.8) is 0 Å². The molecule has 0 bridgehead atoms. The van der Waals surface area contributed by atoms with E-state index in [1.807, 2.05) is 50.3 Å². The number of Topliss-reactive ketones (excluding diaryl/α,β-unsaturated/α-hetero) is 1. The second-order valence-corrected chi connectivity index (χ2v) is 7.06. The van der Waals surface area contributed by atoms with Gasteiger partial charge >= 0.3 is 0 Å². The highest BCUT2D eigenvalue weighted by Crippen LogP contribution is 2.32. The van der Waals surface area contributed by atoms with E-state index in [2.05, 4.69) is 32.0 Å². The molecule has 0 radical (unpaired) electrons. The van der Waals surface area contributed by atoms with Crippen molar-refractivity contribution in [2.45, 2.75) is 20.8 Å². The molecule has 0 spiro atoms. The molecule has 1 atom stereocenters. The highest BCUT2D eigenvalue weighted by atomic mass is 32.1. The highest BCUT2D eigenvalue weighted by Gasteiger charge is 2.35. The Hall–Kier alpha value is -1.78. The Kier molecular flexibility index (Phi) is 10.3. The fraction of sp³-hybridized carbons (Fsp3) is 0.409. The van der Waals surface area contributed by atoms with Crippen LogP contribution in [0.25, 0.3) is 0 Å². The minimum atomic E-state index is -0.475. The lowest BCUT2D eigenvalue weighted by molar-refractivity contribution is 0.0722. The Labute approximate surface area is 165 Å². The van der Waals surface area contributed by atoms with Crippen LogP contribution in [0.2, 0.25) is 0 Å². The molecule has 1 unspecified atom stereocenters. The molecule has 0 saturated carbocycles. The van der Waals surface area contributed by atoms with Crippen LogP contribution >= 0.6 is 13.5 Å². The summed E-state index contributed by atoms with van der Waals surface area (Å²) >= 11 is 0. The number of hydrogen-bond acceptors (Lipinski definition) is 3. The Morgan fingerprint density at radius 3 is 2.54 bits per heavy atom. The van der Waals surface area contributed by atoms with Gasteiger partial charge < -0.3 is 9.64 Å². The first-order chi connectivity index (χ1) is 11.8. The molecule has 1 aromatic carbocycles. The van der Waals surface area contributed by atoms with E-state index >= 15 is 0 Å². The van der Waals surface area contributed by atoms with E-state index in [0.717, 1.165) is 18.7 Å². The van der Waals surface area contributed by atoms with Crippen molar-refractivity contribution in [1.82, 2.24) is 4.90 Å². The van der Waals surface area contributed by atoms with Crippen molar-refractivity contribution in [3.8, 4) is 5.75 Å². The van der Waals surface area contributed by atoms with Gasteiger partial charge in [0.1, 0.15) is 5.75 Å². The normalized spacial score (nSPS) is 12.9. The first-order valence-corrected chi connectivity index (χ1v) is 8.57. The van der Waals surface area contributed by atoms with Gasteiger partial charge in [0.05, 0.1) is 7.11 Å². The van der Waals surface area contributed by atoms with Crippen LogP contribution in [-0.4, -0.2) is 37.9 Å². The Balaban J connectivity index is 0.00000625. The lowest BCUT2D eigenvalue weighted by Crippen LogP contribution is -2.38. The third kappa shape index (κ3) is 6.50. The molecule has 0 saturated heterocycles. The van der Waals surface area contributed by atoms with E-state index in [9.17, 15) is 4.79 Å². The topological polar surface area (TPSA) is 29.5 Å². The van der Waals surface area contributed by atoms with Gasteiger partial charge in [0, 0.05) is 24.1 Å². The third-order valence-electron chi connectivity index (χ3n) is 4.78. The Bertz CT molecular complexity index is 649. The van der Waals surface area contributed by atoms with Crippen molar-refractivity contribution in [3.05, 3.63) is 66.8 Å². The molecule has 0 aliphatic carbocycles. The molecule has 0 amide bonds. The van der Waals surface area contributed by atoms with Crippen molar-refractivity contribution < 1.29 is 9.53 Å². The van der Waals surface area contributed by atoms with Gasteiger partial charge in [-0.3, -0.25) is 4.79 Å². The Morgan fingerprint density at radius 1 is 1.35 bits per heavy atom. The fourth-order valence-electron chi connectivity index (χ4n) is 2.77. The fourth-order valence-corrected chi connectivity index (χ4v) is 2.77.